The average molecular weight is 477 g/mol. The second-order valence-corrected chi connectivity index (χ2v) is 7.75. The summed E-state index contributed by atoms with van der Waals surface area (Å²) in [6.45, 7) is 1.78. The van der Waals surface area contributed by atoms with Crippen LogP contribution in [0.25, 0.3) is 22.4 Å². The van der Waals surface area contributed by atoms with E-state index < -0.39 is 11.7 Å². The van der Waals surface area contributed by atoms with Crippen LogP contribution in [0, 0.1) is 22.7 Å². The highest BCUT2D eigenvalue weighted by atomic mass is 19.4. The first-order valence-electron chi connectivity index (χ1n) is 10.5. The third-order valence-electron chi connectivity index (χ3n) is 5.63. The number of hydrogen-bond donors (Lipinski definition) is 1. The molecule has 1 saturated heterocycles. The van der Waals surface area contributed by atoms with Gasteiger partial charge in [0.25, 0.3) is 5.91 Å². The second-order valence-electron chi connectivity index (χ2n) is 7.75. The monoisotopic (exact) mass is 477 g/mol. The molecule has 0 radical (unpaired) electrons. The summed E-state index contributed by atoms with van der Waals surface area (Å²) in [6, 6.07) is 14.5. The van der Waals surface area contributed by atoms with Crippen molar-refractivity contribution in [3.63, 3.8) is 0 Å². The molecule has 0 saturated carbocycles. The van der Waals surface area contributed by atoms with Crippen LogP contribution in [0.5, 0.6) is 0 Å². The molecular weight excluding hydrogens is 459 g/mol. The molecule has 1 aliphatic rings. The quantitative estimate of drug-likeness (QED) is 0.604. The van der Waals surface area contributed by atoms with Gasteiger partial charge in [0.1, 0.15) is 23.5 Å². The molecule has 4 rings (SSSR count). The van der Waals surface area contributed by atoms with Crippen molar-refractivity contribution in [1.82, 2.24) is 9.88 Å². The van der Waals surface area contributed by atoms with E-state index in [1.807, 2.05) is 12.1 Å². The van der Waals surface area contributed by atoms with Crippen LogP contribution >= 0.6 is 0 Å². The van der Waals surface area contributed by atoms with Crippen LogP contribution in [0.3, 0.4) is 0 Å². The molecular formula is C25H18F3N5O2. The summed E-state index contributed by atoms with van der Waals surface area (Å²) in [5, 5.41) is 19.7. The molecule has 35 heavy (non-hydrogen) atoms. The number of amides is 1. The standard InChI is InChI=1S/C25H18F3N5O2/c26-25(27,28)18-6-4-15(5-7-18)21-19(13-29)22(32-23(31)20(21)14-30)16-2-1-3-17(12-16)24(34)33-8-10-35-11-9-33/h1-7,12H,8-11H2,(H2,31,32). The number of ether oxygens (including phenoxy) is 1. The van der Waals surface area contributed by atoms with Crippen LogP contribution < -0.4 is 5.73 Å². The Morgan fingerprint density at radius 2 is 1.66 bits per heavy atom. The second kappa shape index (κ2) is 9.45. The van der Waals surface area contributed by atoms with E-state index in [2.05, 4.69) is 4.98 Å². The first-order valence-corrected chi connectivity index (χ1v) is 10.5. The van der Waals surface area contributed by atoms with Crippen molar-refractivity contribution in [2.75, 3.05) is 32.0 Å². The fourth-order valence-corrected chi connectivity index (χ4v) is 3.90. The van der Waals surface area contributed by atoms with E-state index in [0.717, 1.165) is 12.1 Å². The van der Waals surface area contributed by atoms with Gasteiger partial charge in [-0.15, -0.1) is 0 Å². The van der Waals surface area contributed by atoms with Crippen molar-refractivity contribution in [1.29, 1.82) is 10.5 Å². The van der Waals surface area contributed by atoms with E-state index >= 15 is 0 Å². The minimum Gasteiger partial charge on any atom is -0.383 e. The first-order chi connectivity index (χ1) is 16.7. The summed E-state index contributed by atoms with van der Waals surface area (Å²) >= 11 is 0. The van der Waals surface area contributed by atoms with E-state index in [-0.39, 0.29) is 39.7 Å². The number of morpholine rings is 1. The van der Waals surface area contributed by atoms with Crippen molar-refractivity contribution < 1.29 is 22.7 Å². The number of halogens is 3. The highest BCUT2D eigenvalue weighted by molar-refractivity contribution is 5.96. The van der Waals surface area contributed by atoms with Gasteiger partial charge in [-0.05, 0) is 29.8 Å². The number of nitrogens with zero attached hydrogens (tertiary/aromatic N) is 4. The van der Waals surface area contributed by atoms with Gasteiger partial charge in [-0.25, -0.2) is 4.98 Å². The first kappa shape index (κ1) is 23.7. The maximum atomic E-state index is 13.0. The molecule has 2 aromatic carbocycles. The van der Waals surface area contributed by atoms with Crippen LogP contribution in [-0.4, -0.2) is 42.1 Å². The Bertz CT molecular complexity index is 1370. The molecule has 1 aromatic heterocycles. The summed E-state index contributed by atoms with van der Waals surface area (Å²) in [4.78, 5) is 18.8. The summed E-state index contributed by atoms with van der Waals surface area (Å²) in [5.41, 5.74) is 6.20. The van der Waals surface area contributed by atoms with Gasteiger partial charge in [-0.1, -0.05) is 24.3 Å². The van der Waals surface area contributed by atoms with E-state index in [4.69, 9.17) is 10.5 Å². The Morgan fingerprint density at radius 3 is 2.26 bits per heavy atom. The van der Waals surface area contributed by atoms with Gasteiger partial charge in [0.05, 0.1) is 30.0 Å². The molecule has 10 heteroatoms. The highest BCUT2D eigenvalue weighted by Gasteiger charge is 2.30. The van der Waals surface area contributed by atoms with Crippen molar-refractivity contribution in [2.24, 2.45) is 0 Å². The molecule has 1 aliphatic heterocycles. The van der Waals surface area contributed by atoms with Gasteiger partial charge in [0.2, 0.25) is 0 Å². The molecule has 7 nitrogen and oxygen atoms in total. The van der Waals surface area contributed by atoms with Gasteiger partial charge in [-0.2, -0.15) is 23.7 Å². The highest BCUT2D eigenvalue weighted by Crippen LogP contribution is 2.38. The average Bonchev–Trinajstić information content (AvgIpc) is 2.87. The van der Waals surface area contributed by atoms with Gasteiger partial charge >= 0.3 is 6.18 Å². The van der Waals surface area contributed by atoms with E-state index in [1.54, 1.807) is 29.2 Å². The number of pyridine rings is 1. The molecule has 0 spiro atoms. The van der Waals surface area contributed by atoms with Gasteiger partial charge in [0.15, 0.2) is 0 Å². The SMILES string of the molecule is N#Cc1c(N)nc(-c2cccc(C(=O)N3CCOCC3)c2)c(C#N)c1-c1ccc(C(F)(F)F)cc1. The zero-order valence-corrected chi connectivity index (χ0v) is 18.3. The zero-order chi connectivity index (χ0) is 25.2. The van der Waals surface area contributed by atoms with Crippen LogP contribution in [0.2, 0.25) is 0 Å². The summed E-state index contributed by atoms with van der Waals surface area (Å²) in [6.07, 6.45) is -4.54. The molecule has 176 valence electrons. The Kier molecular flexibility index (Phi) is 6.41. The molecule has 1 amide bonds. The number of benzene rings is 2. The lowest BCUT2D eigenvalue weighted by atomic mass is 9.91. The number of nitrogen functional groups attached to an aromatic ring is 1. The third kappa shape index (κ3) is 4.65. The minimum absolute atomic E-state index is 0.0357. The van der Waals surface area contributed by atoms with Crippen molar-refractivity contribution in [3.8, 4) is 34.5 Å². The molecule has 3 aromatic rings. The number of nitrogens with two attached hydrogens (primary N) is 1. The Hall–Kier alpha value is -4.41. The molecule has 1 fully saturated rings. The minimum atomic E-state index is -4.54. The van der Waals surface area contributed by atoms with Gasteiger partial charge < -0.3 is 15.4 Å². The number of alkyl halides is 3. The molecule has 0 aliphatic carbocycles. The van der Waals surface area contributed by atoms with Crippen molar-refractivity contribution in [3.05, 3.63) is 70.8 Å². The third-order valence-corrected chi connectivity index (χ3v) is 5.63. The summed E-state index contributed by atoms with van der Waals surface area (Å²) in [7, 11) is 0. The molecule has 0 bridgehead atoms. The van der Waals surface area contributed by atoms with E-state index in [1.165, 1.54) is 12.1 Å². The van der Waals surface area contributed by atoms with Gasteiger partial charge in [0, 0.05) is 29.8 Å². The largest absolute Gasteiger partial charge is 0.416 e. The van der Waals surface area contributed by atoms with Crippen molar-refractivity contribution >= 4 is 11.7 Å². The lowest BCUT2D eigenvalue weighted by Crippen LogP contribution is -2.40. The van der Waals surface area contributed by atoms with Gasteiger partial charge in [-0.3, -0.25) is 4.79 Å². The lowest BCUT2D eigenvalue weighted by molar-refractivity contribution is -0.137. The smallest absolute Gasteiger partial charge is 0.383 e. The fraction of sp³-hybridized carbons (Fsp3) is 0.200. The van der Waals surface area contributed by atoms with E-state index in [9.17, 15) is 28.5 Å². The normalized spacial score (nSPS) is 13.7. The molecule has 0 unspecified atom stereocenters. The van der Waals surface area contributed by atoms with Crippen molar-refractivity contribution in [2.45, 2.75) is 6.18 Å². The predicted octanol–water partition coefficient (Wildman–Crippen LogP) is 4.23. The van der Waals surface area contributed by atoms with E-state index in [0.29, 0.717) is 37.4 Å². The maximum Gasteiger partial charge on any atom is 0.416 e. The molecule has 0 atom stereocenters. The van der Waals surface area contributed by atoms with Crippen LogP contribution in [0.1, 0.15) is 27.0 Å². The Labute approximate surface area is 198 Å². The predicted molar refractivity (Wildman–Crippen MR) is 121 cm³/mol. The lowest BCUT2D eigenvalue weighted by Gasteiger charge is -2.27. The number of hydrogen-bond acceptors (Lipinski definition) is 6. The number of carbonyl (C=O) groups excluding carboxylic acids is 1. The summed E-state index contributed by atoms with van der Waals surface area (Å²) < 4.78 is 44.4. The number of aromatic nitrogens is 1. The number of nitriles is 2. The number of anilines is 1. The van der Waals surface area contributed by atoms with Crippen LogP contribution in [0.15, 0.2) is 48.5 Å². The summed E-state index contributed by atoms with van der Waals surface area (Å²) in [5.74, 6) is -0.389. The maximum absolute atomic E-state index is 13.0. The Balaban J connectivity index is 1.85. The van der Waals surface area contributed by atoms with Crippen LogP contribution in [0.4, 0.5) is 19.0 Å². The van der Waals surface area contributed by atoms with Crippen LogP contribution in [-0.2, 0) is 10.9 Å². The molecule has 2 N–H and O–H groups in total. The Morgan fingerprint density at radius 1 is 1.00 bits per heavy atom. The number of rotatable bonds is 3. The zero-order valence-electron chi connectivity index (χ0n) is 18.3. The fourth-order valence-electron chi connectivity index (χ4n) is 3.90. The molecule has 2 heterocycles. The number of carbonyl (C=O) groups is 1. The topological polar surface area (TPSA) is 116 Å².